The number of halogens is 1. The maximum absolute atomic E-state index is 12.5. The average Bonchev–Trinajstić information content (AvgIpc) is 2.70. The number of ketones is 1. The highest BCUT2D eigenvalue weighted by Crippen LogP contribution is 2.15. The Morgan fingerprint density at radius 2 is 1.36 bits per heavy atom. The zero-order valence-corrected chi connectivity index (χ0v) is 15.7. The van der Waals surface area contributed by atoms with Crippen LogP contribution in [-0.2, 0) is 0 Å². The van der Waals surface area contributed by atoms with Crippen molar-refractivity contribution in [2.75, 3.05) is 10.6 Å². The number of Topliss-reactive ketones (excluding diaryl/α,β-unsaturated/α-hetero) is 1. The number of pyridine rings is 1. The first-order valence-electron chi connectivity index (χ1n) is 8.39. The minimum Gasteiger partial charge on any atom is -0.321 e. The molecular formula is C21H16ClN3O3. The molecule has 140 valence electrons. The highest BCUT2D eigenvalue weighted by atomic mass is 35.5. The Balaban J connectivity index is 1.74. The van der Waals surface area contributed by atoms with Crippen LogP contribution in [-0.4, -0.2) is 22.6 Å². The van der Waals surface area contributed by atoms with Gasteiger partial charge in [0.25, 0.3) is 11.8 Å². The van der Waals surface area contributed by atoms with Crippen LogP contribution < -0.4 is 10.6 Å². The summed E-state index contributed by atoms with van der Waals surface area (Å²) in [5, 5.41) is 5.93. The lowest BCUT2D eigenvalue weighted by atomic mass is 10.1. The fourth-order valence-electron chi connectivity index (χ4n) is 2.43. The van der Waals surface area contributed by atoms with Gasteiger partial charge in [-0.05, 0) is 55.5 Å². The first kappa shape index (κ1) is 19.3. The number of nitrogens with one attached hydrogen (secondary N) is 2. The van der Waals surface area contributed by atoms with E-state index < -0.39 is 11.8 Å². The lowest BCUT2D eigenvalue weighted by Crippen LogP contribution is -2.18. The highest BCUT2D eigenvalue weighted by molar-refractivity contribution is 6.30. The van der Waals surface area contributed by atoms with Crippen molar-refractivity contribution in [3.8, 4) is 0 Å². The molecule has 1 aromatic heterocycles. The highest BCUT2D eigenvalue weighted by Gasteiger charge is 2.13. The van der Waals surface area contributed by atoms with Crippen molar-refractivity contribution in [2.24, 2.45) is 0 Å². The van der Waals surface area contributed by atoms with Crippen LogP contribution >= 0.6 is 11.6 Å². The van der Waals surface area contributed by atoms with Gasteiger partial charge in [0, 0.05) is 22.0 Å². The number of amides is 2. The van der Waals surface area contributed by atoms with Gasteiger partial charge in [0.1, 0.15) is 11.4 Å². The van der Waals surface area contributed by atoms with Crippen LogP contribution in [0.5, 0.6) is 0 Å². The Morgan fingerprint density at radius 1 is 0.786 bits per heavy atom. The van der Waals surface area contributed by atoms with Gasteiger partial charge in [-0.2, -0.15) is 0 Å². The third kappa shape index (κ3) is 4.81. The number of anilines is 2. The Labute approximate surface area is 166 Å². The van der Waals surface area contributed by atoms with Gasteiger partial charge in [0.2, 0.25) is 0 Å². The van der Waals surface area contributed by atoms with Crippen molar-refractivity contribution in [2.45, 2.75) is 6.92 Å². The summed E-state index contributed by atoms with van der Waals surface area (Å²) in [6.07, 6.45) is 0. The SMILES string of the molecule is CC(=O)c1cccc(NC(=O)c2cccc(C(=O)Nc3ccc(Cl)cc3)n2)c1. The number of nitrogens with zero attached hydrogens (tertiary/aromatic N) is 1. The van der Waals surface area contributed by atoms with E-state index >= 15 is 0 Å². The van der Waals surface area contributed by atoms with Crippen molar-refractivity contribution in [1.82, 2.24) is 4.98 Å². The average molecular weight is 394 g/mol. The second kappa shape index (κ2) is 8.45. The van der Waals surface area contributed by atoms with Crippen molar-refractivity contribution >= 4 is 40.6 Å². The fourth-order valence-corrected chi connectivity index (χ4v) is 2.55. The number of benzene rings is 2. The van der Waals surface area contributed by atoms with Gasteiger partial charge in [-0.3, -0.25) is 14.4 Å². The molecule has 28 heavy (non-hydrogen) atoms. The summed E-state index contributed by atoms with van der Waals surface area (Å²) >= 11 is 5.83. The van der Waals surface area contributed by atoms with Gasteiger partial charge in [0.05, 0.1) is 0 Å². The Kier molecular flexibility index (Phi) is 5.81. The van der Waals surface area contributed by atoms with E-state index in [2.05, 4.69) is 15.6 Å². The van der Waals surface area contributed by atoms with Gasteiger partial charge in [-0.25, -0.2) is 4.98 Å². The van der Waals surface area contributed by atoms with E-state index in [0.29, 0.717) is 22.0 Å². The summed E-state index contributed by atoms with van der Waals surface area (Å²) in [6, 6.07) is 17.8. The Morgan fingerprint density at radius 3 is 1.96 bits per heavy atom. The summed E-state index contributed by atoms with van der Waals surface area (Å²) in [5.41, 5.74) is 1.70. The van der Waals surface area contributed by atoms with Crippen molar-refractivity contribution in [1.29, 1.82) is 0 Å². The van der Waals surface area contributed by atoms with Crippen LogP contribution in [0.3, 0.4) is 0 Å². The number of aromatic nitrogens is 1. The minimum absolute atomic E-state index is 0.0805. The summed E-state index contributed by atoms with van der Waals surface area (Å²) in [5.74, 6) is -1.03. The van der Waals surface area contributed by atoms with Crippen LogP contribution in [0.25, 0.3) is 0 Å². The molecule has 0 unspecified atom stereocenters. The largest absolute Gasteiger partial charge is 0.321 e. The van der Waals surface area contributed by atoms with Gasteiger partial charge in [-0.1, -0.05) is 29.8 Å². The molecule has 1 heterocycles. The first-order valence-corrected chi connectivity index (χ1v) is 8.76. The number of carbonyl (C=O) groups is 3. The summed E-state index contributed by atoms with van der Waals surface area (Å²) < 4.78 is 0. The molecule has 2 aromatic carbocycles. The van der Waals surface area contributed by atoms with Crippen LogP contribution in [0.15, 0.2) is 66.7 Å². The maximum atomic E-state index is 12.5. The monoisotopic (exact) mass is 393 g/mol. The van der Waals surface area contributed by atoms with Gasteiger partial charge >= 0.3 is 0 Å². The molecule has 0 atom stereocenters. The smallest absolute Gasteiger partial charge is 0.274 e. The van der Waals surface area contributed by atoms with E-state index in [4.69, 9.17) is 11.6 Å². The predicted molar refractivity (Wildman–Crippen MR) is 108 cm³/mol. The fraction of sp³-hybridized carbons (Fsp3) is 0.0476. The molecule has 2 N–H and O–H groups in total. The quantitative estimate of drug-likeness (QED) is 0.627. The van der Waals surface area contributed by atoms with E-state index in [0.717, 1.165) is 0 Å². The molecule has 7 heteroatoms. The van der Waals surface area contributed by atoms with Gasteiger partial charge in [0.15, 0.2) is 5.78 Å². The molecule has 3 aromatic rings. The topological polar surface area (TPSA) is 88.2 Å². The van der Waals surface area contributed by atoms with Crippen LogP contribution in [0.2, 0.25) is 5.02 Å². The standard InChI is InChI=1S/C21H16ClN3O3/c1-13(26)14-4-2-5-17(12-14)24-21(28)19-7-3-6-18(25-19)20(27)23-16-10-8-15(22)9-11-16/h2-12H,1H3,(H,23,27)(H,24,28). The predicted octanol–water partition coefficient (Wildman–Crippen LogP) is 4.44. The summed E-state index contributed by atoms with van der Waals surface area (Å²) in [6.45, 7) is 1.45. The van der Waals surface area contributed by atoms with E-state index in [1.807, 2.05) is 0 Å². The molecule has 6 nitrogen and oxygen atoms in total. The molecule has 0 bridgehead atoms. The number of hydrogen-bond acceptors (Lipinski definition) is 4. The third-order valence-electron chi connectivity index (χ3n) is 3.84. The Hall–Kier alpha value is -3.51. The molecule has 0 aliphatic heterocycles. The van der Waals surface area contributed by atoms with Crippen LogP contribution in [0, 0.1) is 0 Å². The van der Waals surface area contributed by atoms with E-state index in [9.17, 15) is 14.4 Å². The number of hydrogen-bond donors (Lipinski definition) is 2. The van der Waals surface area contributed by atoms with Gasteiger partial charge in [-0.15, -0.1) is 0 Å². The second-order valence-corrected chi connectivity index (χ2v) is 6.40. The van der Waals surface area contributed by atoms with Crippen molar-refractivity contribution in [3.63, 3.8) is 0 Å². The molecular weight excluding hydrogens is 378 g/mol. The third-order valence-corrected chi connectivity index (χ3v) is 4.10. The van der Waals surface area contributed by atoms with Crippen LogP contribution in [0.4, 0.5) is 11.4 Å². The van der Waals surface area contributed by atoms with Crippen molar-refractivity contribution in [3.05, 3.63) is 88.7 Å². The normalized spacial score (nSPS) is 10.2. The lowest BCUT2D eigenvalue weighted by molar-refractivity contribution is 0.100. The van der Waals surface area contributed by atoms with E-state index in [1.165, 1.54) is 19.1 Å². The molecule has 0 radical (unpaired) electrons. The molecule has 0 spiro atoms. The molecule has 0 aliphatic rings. The Bertz CT molecular complexity index is 1050. The lowest BCUT2D eigenvalue weighted by Gasteiger charge is -2.08. The molecule has 0 saturated heterocycles. The second-order valence-electron chi connectivity index (χ2n) is 5.96. The van der Waals surface area contributed by atoms with Crippen LogP contribution in [0.1, 0.15) is 38.3 Å². The zero-order chi connectivity index (χ0) is 20.1. The minimum atomic E-state index is -0.484. The molecule has 0 saturated carbocycles. The number of carbonyl (C=O) groups excluding carboxylic acids is 3. The number of rotatable bonds is 5. The molecule has 2 amide bonds. The summed E-state index contributed by atoms with van der Waals surface area (Å²) in [7, 11) is 0. The zero-order valence-electron chi connectivity index (χ0n) is 14.9. The van der Waals surface area contributed by atoms with E-state index in [1.54, 1.807) is 54.6 Å². The molecule has 0 fully saturated rings. The molecule has 0 aliphatic carbocycles. The van der Waals surface area contributed by atoms with E-state index in [-0.39, 0.29) is 17.2 Å². The summed E-state index contributed by atoms with van der Waals surface area (Å²) in [4.78, 5) is 40.4. The van der Waals surface area contributed by atoms with Gasteiger partial charge < -0.3 is 10.6 Å². The van der Waals surface area contributed by atoms with Crippen molar-refractivity contribution < 1.29 is 14.4 Å². The first-order chi connectivity index (χ1) is 13.4. The molecule has 3 rings (SSSR count). The maximum Gasteiger partial charge on any atom is 0.274 e.